The van der Waals surface area contributed by atoms with Crippen LogP contribution in [0.25, 0.3) is 0 Å². The second kappa shape index (κ2) is 9.97. The van der Waals surface area contributed by atoms with E-state index in [-0.39, 0.29) is 28.7 Å². The number of nitrogens with zero attached hydrogens (tertiary/aromatic N) is 4. The zero-order valence-electron chi connectivity index (χ0n) is 19.8. The highest BCUT2D eigenvalue weighted by molar-refractivity contribution is 7.81. The summed E-state index contributed by atoms with van der Waals surface area (Å²) in [6, 6.07) is 5.50. The van der Waals surface area contributed by atoms with Crippen molar-refractivity contribution in [3.05, 3.63) is 53.1 Å². The summed E-state index contributed by atoms with van der Waals surface area (Å²) in [5.41, 5.74) is -3.96. The monoisotopic (exact) mass is 549 g/mol. The van der Waals surface area contributed by atoms with E-state index in [2.05, 4.69) is 10.3 Å². The number of alkyl halides is 3. The van der Waals surface area contributed by atoms with Crippen molar-refractivity contribution in [1.82, 2.24) is 10.3 Å². The van der Waals surface area contributed by atoms with E-state index < -0.39 is 53.1 Å². The quantitative estimate of drug-likeness (QED) is 0.331. The molecule has 1 aromatic heterocycles. The van der Waals surface area contributed by atoms with Gasteiger partial charge in [-0.25, -0.2) is 9.37 Å². The molecule has 14 heteroatoms. The van der Waals surface area contributed by atoms with Gasteiger partial charge in [-0.2, -0.15) is 18.4 Å². The molecular weight excluding hydrogens is 530 g/mol. The lowest BCUT2D eigenvalue weighted by molar-refractivity contribution is -0.142. The van der Waals surface area contributed by atoms with Crippen LogP contribution in [0.1, 0.15) is 47.8 Å². The number of ether oxygens (including phenoxy) is 1. The molecule has 1 spiro atoms. The SMILES string of the molecule is CCOC(=O)CNC(=O)c1ccc(N2C(=S)N(c3cnc(C#N)c(C(F)(F)F)c3)C(=O)C23CCC3)cc1F. The predicted octanol–water partition coefficient (Wildman–Crippen LogP) is 3.46. The molecule has 9 nitrogen and oxygen atoms in total. The molecule has 1 saturated carbocycles. The number of anilines is 2. The molecular formula is C24H19F4N5O4S. The predicted molar refractivity (Wildman–Crippen MR) is 128 cm³/mol. The van der Waals surface area contributed by atoms with Crippen molar-refractivity contribution in [2.24, 2.45) is 0 Å². The summed E-state index contributed by atoms with van der Waals surface area (Å²) in [7, 11) is 0. The van der Waals surface area contributed by atoms with Crippen LogP contribution in [0, 0.1) is 17.1 Å². The Morgan fingerprint density at radius 1 is 1.26 bits per heavy atom. The second-order valence-electron chi connectivity index (χ2n) is 8.49. The van der Waals surface area contributed by atoms with E-state index in [1.54, 1.807) is 6.92 Å². The highest BCUT2D eigenvalue weighted by Gasteiger charge is 2.60. The van der Waals surface area contributed by atoms with Gasteiger partial charge in [0, 0.05) is 5.69 Å². The molecule has 2 amide bonds. The van der Waals surface area contributed by atoms with E-state index in [0.717, 1.165) is 23.2 Å². The first-order valence-corrected chi connectivity index (χ1v) is 11.7. The number of nitriles is 1. The molecule has 1 N–H and O–H groups in total. The van der Waals surface area contributed by atoms with Crippen LogP contribution in [0.3, 0.4) is 0 Å². The lowest BCUT2D eigenvalue weighted by Crippen LogP contribution is -2.55. The number of pyridine rings is 1. The summed E-state index contributed by atoms with van der Waals surface area (Å²) in [6.45, 7) is 1.24. The average Bonchev–Trinajstić information content (AvgIpc) is 3.08. The van der Waals surface area contributed by atoms with E-state index >= 15 is 4.39 Å². The summed E-state index contributed by atoms with van der Waals surface area (Å²) in [5.74, 6) is -3.14. The van der Waals surface area contributed by atoms with Crippen molar-refractivity contribution in [1.29, 1.82) is 5.26 Å². The summed E-state index contributed by atoms with van der Waals surface area (Å²) < 4.78 is 60.3. The lowest BCUT2D eigenvalue weighted by atomic mass is 9.75. The summed E-state index contributed by atoms with van der Waals surface area (Å²) in [5, 5.41) is 11.1. The molecule has 0 bridgehead atoms. The van der Waals surface area contributed by atoms with Gasteiger partial charge in [-0.3, -0.25) is 19.3 Å². The number of aromatic nitrogens is 1. The van der Waals surface area contributed by atoms with Crippen molar-refractivity contribution in [3.8, 4) is 6.07 Å². The molecule has 0 unspecified atom stereocenters. The maximum Gasteiger partial charge on any atom is 0.419 e. The van der Waals surface area contributed by atoms with Crippen molar-refractivity contribution in [2.75, 3.05) is 23.0 Å². The second-order valence-corrected chi connectivity index (χ2v) is 8.86. The maximum atomic E-state index is 15.0. The van der Waals surface area contributed by atoms with Crippen LogP contribution in [0.5, 0.6) is 0 Å². The Hall–Kier alpha value is -4.12. The van der Waals surface area contributed by atoms with Crippen LogP contribution < -0.4 is 15.1 Å². The van der Waals surface area contributed by atoms with Gasteiger partial charge in [-0.05, 0) is 62.7 Å². The number of thiocarbonyl (C=S) groups is 1. The molecule has 4 rings (SSSR count). The minimum Gasteiger partial charge on any atom is -0.465 e. The minimum absolute atomic E-state index is 0.112. The van der Waals surface area contributed by atoms with Crippen LogP contribution in [0.2, 0.25) is 0 Å². The Morgan fingerprint density at radius 3 is 2.53 bits per heavy atom. The lowest BCUT2D eigenvalue weighted by Gasteiger charge is -2.43. The third kappa shape index (κ3) is 4.53. The van der Waals surface area contributed by atoms with Gasteiger partial charge in [0.05, 0.1) is 29.6 Å². The van der Waals surface area contributed by atoms with E-state index in [4.69, 9.17) is 22.2 Å². The summed E-state index contributed by atoms with van der Waals surface area (Å²) >= 11 is 5.48. The molecule has 1 aromatic carbocycles. The third-order valence-corrected chi connectivity index (χ3v) is 6.65. The first kappa shape index (κ1) is 26.9. The standard InChI is InChI=1S/C24H19F4N5O4S/c1-2-37-19(34)12-31-20(35)15-5-4-13(9-17(15)25)33-22(38)32(21(36)23(33)6-3-7-23)14-8-16(24(26,27)28)18(10-29)30-11-14/h4-5,8-9,11H,2-3,6-7,12H2,1H3,(H,31,35). The van der Waals surface area contributed by atoms with Gasteiger partial charge in [0.15, 0.2) is 10.8 Å². The number of esters is 1. The number of hydrogen-bond acceptors (Lipinski definition) is 7. The number of nitrogens with one attached hydrogen (secondary N) is 1. The van der Waals surface area contributed by atoms with Gasteiger partial charge < -0.3 is 15.0 Å². The largest absolute Gasteiger partial charge is 0.465 e. The number of rotatable bonds is 6. The normalized spacial score (nSPS) is 16.3. The molecule has 38 heavy (non-hydrogen) atoms. The number of carbonyl (C=O) groups excluding carboxylic acids is 3. The fourth-order valence-corrected chi connectivity index (χ4v) is 4.84. The van der Waals surface area contributed by atoms with E-state index in [1.807, 2.05) is 0 Å². The number of halogens is 4. The molecule has 0 atom stereocenters. The maximum absolute atomic E-state index is 15.0. The zero-order valence-corrected chi connectivity index (χ0v) is 20.6. The van der Waals surface area contributed by atoms with Gasteiger partial charge in [0.1, 0.15) is 24.0 Å². The molecule has 1 saturated heterocycles. The first-order valence-electron chi connectivity index (χ1n) is 11.3. The first-order chi connectivity index (χ1) is 17.9. The number of hydrogen-bond donors (Lipinski definition) is 1. The fraction of sp³-hybridized carbons (Fsp3) is 0.333. The Labute approximate surface area is 219 Å². The summed E-state index contributed by atoms with van der Waals surface area (Å²) in [6.07, 6.45) is -2.72. The van der Waals surface area contributed by atoms with Crippen LogP contribution in [0.4, 0.5) is 28.9 Å². The zero-order chi connectivity index (χ0) is 27.8. The Morgan fingerprint density at radius 2 is 1.97 bits per heavy atom. The molecule has 2 aromatic rings. The minimum atomic E-state index is -4.90. The fourth-order valence-electron chi connectivity index (χ4n) is 4.38. The van der Waals surface area contributed by atoms with E-state index in [0.29, 0.717) is 25.3 Å². The van der Waals surface area contributed by atoms with Crippen molar-refractivity contribution < 1.29 is 36.7 Å². The van der Waals surface area contributed by atoms with Gasteiger partial charge in [-0.15, -0.1) is 0 Å². The molecule has 0 radical (unpaired) electrons. The Bertz CT molecular complexity index is 1390. The van der Waals surface area contributed by atoms with Crippen LogP contribution in [-0.4, -0.2) is 46.6 Å². The van der Waals surface area contributed by atoms with Gasteiger partial charge in [0.2, 0.25) is 0 Å². The van der Waals surface area contributed by atoms with E-state index in [1.165, 1.54) is 17.0 Å². The summed E-state index contributed by atoms with van der Waals surface area (Å²) in [4.78, 5) is 43.1. The highest BCUT2D eigenvalue weighted by atomic mass is 32.1. The van der Waals surface area contributed by atoms with Crippen LogP contribution >= 0.6 is 12.2 Å². The van der Waals surface area contributed by atoms with E-state index in [9.17, 15) is 27.6 Å². The average molecular weight is 550 g/mol. The number of benzene rings is 1. The Kier molecular flexibility index (Phi) is 7.07. The van der Waals surface area contributed by atoms with Gasteiger partial charge in [0.25, 0.3) is 11.8 Å². The van der Waals surface area contributed by atoms with Gasteiger partial charge in [-0.1, -0.05) is 0 Å². The Balaban J connectivity index is 1.67. The molecule has 2 aliphatic rings. The highest BCUT2D eigenvalue weighted by Crippen LogP contribution is 2.48. The molecule has 1 aliphatic heterocycles. The molecule has 1 aliphatic carbocycles. The van der Waals surface area contributed by atoms with Gasteiger partial charge >= 0.3 is 12.1 Å². The molecule has 2 heterocycles. The molecule has 2 fully saturated rings. The smallest absolute Gasteiger partial charge is 0.419 e. The molecule has 198 valence electrons. The third-order valence-electron chi connectivity index (χ3n) is 6.29. The number of amides is 2. The van der Waals surface area contributed by atoms with Crippen molar-refractivity contribution in [3.63, 3.8) is 0 Å². The van der Waals surface area contributed by atoms with Crippen LogP contribution in [-0.2, 0) is 20.5 Å². The topological polar surface area (TPSA) is 116 Å². The van der Waals surface area contributed by atoms with Crippen molar-refractivity contribution >= 4 is 46.5 Å². The van der Waals surface area contributed by atoms with Crippen molar-refractivity contribution in [2.45, 2.75) is 37.9 Å². The number of carbonyl (C=O) groups is 3. The van der Waals surface area contributed by atoms with Crippen LogP contribution in [0.15, 0.2) is 30.5 Å².